The molecule has 0 spiro atoms. The van der Waals surface area contributed by atoms with Gasteiger partial charge in [-0.2, -0.15) is 0 Å². The van der Waals surface area contributed by atoms with Crippen LogP contribution in [0.1, 0.15) is 5.56 Å². The van der Waals surface area contributed by atoms with Crippen molar-refractivity contribution in [3.8, 4) is 0 Å². The molecule has 1 heterocycles. The Morgan fingerprint density at radius 3 is 2.75 bits per heavy atom. The zero-order valence-electron chi connectivity index (χ0n) is 10.6. The van der Waals surface area contributed by atoms with Gasteiger partial charge in [0, 0.05) is 12.7 Å². The molecule has 0 amide bonds. The number of pyridine rings is 1. The highest BCUT2D eigenvalue weighted by Crippen LogP contribution is 2.25. The van der Waals surface area contributed by atoms with Crippen LogP contribution in [0, 0.1) is 0 Å². The average molecular weight is 348 g/mol. The first-order chi connectivity index (χ1) is 9.74. The predicted octanol–water partition coefficient (Wildman–Crippen LogP) is 5.26. The molecule has 100 valence electrons. The molecule has 0 saturated heterocycles. The van der Waals surface area contributed by atoms with E-state index in [4.69, 9.17) is 11.6 Å². The average Bonchev–Trinajstić information content (AvgIpc) is 2.46. The van der Waals surface area contributed by atoms with Crippen LogP contribution in [0.4, 0.5) is 5.82 Å². The molecule has 0 unspecified atom stereocenters. The third-order valence-corrected chi connectivity index (χ3v) is 3.95. The minimum Gasteiger partial charge on any atom is -0.365 e. The molecule has 2 nitrogen and oxygen atoms in total. The molecule has 1 aromatic heterocycles. The zero-order valence-corrected chi connectivity index (χ0v) is 12.9. The van der Waals surface area contributed by atoms with E-state index in [-0.39, 0.29) is 0 Å². The largest absolute Gasteiger partial charge is 0.365 e. The van der Waals surface area contributed by atoms with Crippen molar-refractivity contribution in [3.05, 3.63) is 69.8 Å². The second-order valence-electron chi connectivity index (χ2n) is 4.48. The number of nitrogens with zero attached hydrogens (tertiary/aromatic N) is 1. The van der Waals surface area contributed by atoms with Crippen LogP contribution in [0.3, 0.4) is 0 Å². The lowest BCUT2D eigenvalue weighted by molar-refractivity contribution is 1.12. The molecule has 1 N–H and O–H groups in total. The summed E-state index contributed by atoms with van der Waals surface area (Å²) in [5.41, 5.74) is 1.24. The summed E-state index contributed by atoms with van der Waals surface area (Å²) in [4.78, 5) is 4.28. The monoisotopic (exact) mass is 346 g/mol. The van der Waals surface area contributed by atoms with E-state index in [1.165, 1.54) is 16.3 Å². The van der Waals surface area contributed by atoms with Gasteiger partial charge in [0.15, 0.2) is 0 Å². The van der Waals surface area contributed by atoms with Crippen molar-refractivity contribution in [1.82, 2.24) is 4.98 Å². The van der Waals surface area contributed by atoms with E-state index in [9.17, 15) is 0 Å². The smallest absolute Gasteiger partial charge is 0.140 e. The number of benzene rings is 2. The molecule has 0 radical (unpaired) electrons. The number of hydrogen-bond acceptors (Lipinski definition) is 2. The Labute approximate surface area is 130 Å². The highest BCUT2D eigenvalue weighted by Gasteiger charge is 2.04. The molecule has 0 aliphatic carbocycles. The Hall–Kier alpha value is -1.58. The fourth-order valence-corrected chi connectivity index (χ4v) is 2.95. The van der Waals surface area contributed by atoms with E-state index in [1.807, 2.05) is 6.07 Å². The summed E-state index contributed by atoms with van der Waals surface area (Å²) in [6, 6.07) is 16.5. The molecule has 0 atom stereocenters. The first-order valence-electron chi connectivity index (χ1n) is 6.25. The third-order valence-electron chi connectivity index (χ3n) is 3.13. The quantitative estimate of drug-likeness (QED) is 0.699. The van der Waals surface area contributed by atoms with E-state index in [0.717, 1.165) is 10.3 Å². The number of anilines is 1. The lowest BCUT2D eigenvalue weighted by Gasteiger charge is -2.10. The predicted molar refractivity (Wildman–Crippen MR) is 88.2 cm³/mol. The van der Waals surface area contributed by atoms with E-state index in [2.05, 4.69) is 68.7 Å². The van der Waals surface area contributed by atoms with Gasteiger partial charge in [0.1, 0.15) is 5.82 Å². The van der Waals surface area contributed by atoms with Gasteiger partial charge >= 0.3 is 0 Å². The summed E-state index contributed by atoms with van der Waals surface area (Å²) < 4.78 is 0.866. The van der Waals surface area contributed by atoms with Crippen LogP contribution in [-0.4, -0.2) is 4.98 Å². The Bertz CT molecular complexity index is 753. The van der Waals surface area contributed by atoms with Crippen LogP contribution >= 0.6 is 27.5 Å². The molecule has 4 heteroatoms. The number of rotatable bonds is 3. The van der Waals surface area contributed by atoms with E-state index >= 15 is 0 Å². The molecular formula is C16H12BrClN2. The van der Waals surface area contributed by atoms with Crippen molar-refractivity contribution in [2.45, 2.75) is 6.54 Å². The molecule has 20 heavy (non-hydrogen) atoms. The number of hydrogen-bond donors (Lipinski definition) is 1. The molecule has 3 aromatic rings. The lowest BCUT2D eigenvalue weighted by Crippen LogP contribution is -2.02. The van der Waals surface area contributed by atoms with Crippen LogP contribution in [0.25, 0.3) is 10.8 Å². The SMILES string of the molecule is Clc1cnc(NCc2cccc3ccccc23)c(Br)c1. The molecule has 0 aliphatic heterocycles. The van der Waals surface area contributed by atoms with Crippen LogP contribution < -0.4 is 5.32 Å². The first-order valence-corrected chi connectivity index (χ1v) is 7.43. The maximum atomic E-state index is 5.89. The minimum atomic E-state index is 0.618. The highest BCUT2D eigenvalue weighted by atomic mass is 79.9. The van der Waals surface area contributed by atoms with Crippen molar-refractivity contribution in [1.29, 1.82) is 0 Å². The summed E-state index contributed by atoms with van der Waals surface area (Å²) in [7, 11) is 0. The van der Waals surface area contributed by atoms with Crippen LogP contribution in [0.15, 0.2) is 59.2 Å². The van der Waals surface area contributed by atoms with Gasteiger partial charge in [-0.15, -0.1) is 0 Å². The van der Waals surface area contributed by atoms with Crippen molar-refractivity contribution in [2.24, 2.45) is 0 Å². The molecule has 0 fully saturated rings. The topological polar surface area (TPSA) is 24.9 Å². The second-order valence-corrected chi connectivity index (χ2v) is 5.77. The maximum absolute atomic E-state index is 5.89. The van der Waals surface area contributed by atoms with Crippen molar-refractivity contribution in [2.75, 3.05) is 5.32 Å². The first kappa shape index (κ1) is 13.4. The molecule has 0 aliphatic rings. The Morgan fingerprint density at radius 1 is 1.10 bits per heavy atom. The van der Waals surface area contributed by atoms with Crippen molar-refractivity contribution in [3.63, 3.8) is 0 Å². The van der Waals surface area contributed by atoms with Gasteiger partial charge in [0.05, 0.1) is 9.50 Å². The number of nitrogens with one attached hydrogen (secondary N) is 1. The lowest BCUT2D eigenvalue weighted by atomic mass is 10.0. The van der Waals surface area contributed by atoms with Gasteiger partial charge < -0.3 is 5.32 Å². The van der Waals surface area contributed by atoms with Gasteiger partial charge in [-0.25, -0.2) is 4.98 Å². The molecular weight excluding hydrogens is 336 g/mol. The van der Waals surface area contributed by atoms with Gasteiger partial charge in [0.25, 0.3) is 0 Å². The van der Waals surface area contributed by atoms with E-state index < -0.39 is 0 Å². The van der Waals surface area contributed by atoms with Gasteiger partial charge in [-0.3, -0.25) is 0 Å². The van der Waals surface area contributed by atoms with Crippen LogP contribution in [0.5, 0.6) is 0 Å². The van der Waals surface area contributed by atoms with Crippen molar-refractivity contribution < 1.29 is 0 Å². The summed E-state index contributed by atoms with van der Waals surface area (Å²) >= 11 is 9.35. The van der Waals surface area contributed by atoms with Gasteiger partial charge in [-0.05, 0) is 38.3 Å². The summed E-state index contributed by atoms with van der Waals surface area (Å²) in [6.07, 6.45) is 1.64. The van der Waals surface area contributed by atoms with Crippen molar-refractivity contribution >= 4 is 44.1 Å². The molecule has 0 bridgehead atoms. The fourth-order valence-electron chi connectivity index (χ4n) is 2.17. The highest BCUT2D eigenvalue weighted by molar-refractivity contribution is 9.10. The fraction of sp³-hybridized carbons (Fsp3) is 0.0625. The second kappa shape index (κ2) is 5.81. The molecule has 0 saturated carbocycles. The minimum absolute atomic E-state index is 0.618. The Kier molecular flexibility index (Phi) is 3.90. The Balaban J connectivity index is 1.87. The Morgan fingerprint density at radius 2 is 1.90 bits per heavy atom. The van der Waals surface area contributed by atoms with E-state index in [1.54, 1.807) is 6.20 Å². The number of fused-ring (bicyclic) bond motifs is 1. The maximum Gasteiger partial charge on any atom is 0.140 e. The molecule has 3 rings (SSSR count). The number of halogens is 2. The number of aromatic nitrogens is 1. The van der Waals surface area contributed by atoms with Gasteiger partial charge in [0.2, 0.25) is 0 Å². The normalized spacial score (nSPS) is 10.7. The van der Waals surface area contributed by atoms with Gasteiger partial charge in [-0.1, -0.05) is 54.1 Å². The van der Waals surface area contributed by atoms with E-state index in [0.29, 0.717) is 11.6 Å². The third kappa shape index (κ3) is 2.79. The van der Waals surface area contributed by atoms with Crippen LogP contribution in [-0.2, 0) is 6.54 Å². The standard InChI is InChI=1S/C16H12BrClN2/c17-15-8-13(18)10-20-16(15)19-9-12-6-3-5-11-4-1-2-7-14(11)12/h1-8,10H,9H2,(H,19,20). The zero-order chi connectivity index (χ0) is 13.9. The molecule has 2 aromatic carbocycles. The summed E-state index contributed by atoms with van der Waals surface area (Å²) in [6.45, 7) is 0.717. The summed E-state index contributed by atoms with van der Waals surface area (Å²) in [5, 5.41) is 6.45. The summed E-state index contributed by atoms with van der Waals surface area (Å²) in [5.74, 6) is 0.794. The van der Waals surface area contributed by atoms with Crippen LogP contribution in [0.2, 0.25) is 5.02 Å².